The van der Waals surface area contributed by atoms with Gasteiger partial charge in [-0.25, -0.2) is 4.98 Å². The summed E-state index contributed by atoms with van der Waals surface area (Å²) in [7, 11) is 0. The Morgan fingerprint density at radius 1 is 0.329 bits per heavy atom. The van der Waals surface area contributed by atoms with Crippen LogP contribution in [0, 0.1) is 0 Å². The quantitative estimate of drug-likeness (QED) is 0.161. The number of anilines is 3. The third-order valence-corrected chi connectivity index (χ3v) is 15.6. The molecule has 3 aromatic heterocycles. The highest BCUT2D eigenvalue weighted by molar-refractivity contribution is 7.99. The highest BCUT2D eigenvalue weighted by Gasteiger charge is 2.27. The van der Waals surface area contributed by atoms with Crippen LogP contribution in [0.3, 0.4) is 0 Å². The van der Waals surface area contributed by atoms with Gasteiger partial charge in [-0.15, -0.1) is 0 Å². The number of pyridine rings is 1. The van der Waals surface area contributed by atoms with Crippen LogP contribution in [0.15, 0.2) is 253 Å². The van der Waals surface area contributed by atoms with Gasteiger partial charge in [0, 0.05) is 54.0 Å². The lowest BCUT2D eigenvalue weighted by atomic mass is 10.0. The van der Waals surface area contributed by atoms with E-state index in [0.717, 1.165) is 22.9 Å². The first-order valence-electron chi connectivity index (χ1n) is 23.9. The molecule has 1 aliphatic heterocycles. The van der Waals surface area contributed by atoms with Crippen LogP contribution in [0.4, 0.5) is 17.2 Å². The number of hydrogen-bond donors (Lipinski definition) is 0. The van der Waals surface area contributed by atoms with Crippen LogP contribution >= 0.6 is 11.8 Å². The topological polar surface area (TPSA) is 26.0 Å². The van der Waals surface area contributed by atoms with Gasteiger partial charge in [-0.05, 0) is 129 Å². The molecule has 0 unspecified atom stereocenters. The summed E-state index contributed by atoms with van der Waals surface area (Å²) in [6.45, 7) is 0. The van der Waals surface area contributed by atoms with Crippen molar-refractivity contribution in [3.63, 3.8) is 0 Å². The van der Waals surface area contributed by atoms with E-state index in [9.17, 15) is 0 Å². The molecule has 15 rings (SSSR count). The molecule has 5 heteroatoms. The van der Waals surface area contributed by atoms with Gasteiger partial charge < -0.3 is 9.13 Å². The molecule has 14 aromatic rings. The predicted molar refractivity (Wildman–Crippen MR) is 295 cm³/mol. The molecule has 326 valence electrons. The summed E-state index contributed by atoms with van der Waals surface area (Å²) in [6, 6.07) is 86.8. The molecule has 0 amide bonds. The van der Waals surface area contributed by atoms with Gasteiger partial charge in [-0.1, -0.05) is 163 Å². The van der Waals surface area contributed by atoms with Crippen molar-refractivity contribution in [2.75, 3.05) is 4.90 Å². The van der Waals surface area contributed by atoms with Crippen molar-refractivity contribution in [3.8, 4) is 33.6 Å². The summed E-state index contributed by atoms with van der Waals surface area (Å²) >= 11 is 1.83. The van der Waals surface area contributed by atoms with E-state index < -0.39 is 0 Å². The lowest BCUT2D eigenvalue weighted by Gasteiger charge is -2.32. The molecular formula is C65H40N4S. The van der Waals surface area contributed by atoms with Crippen LogP contribution in [0.1, 0.15) is 0 Å². The molecule has 4 heterocycles. The van der Waals surface area contributed by atoms with Crippen molar-refractivity contribution in [1.29, 1.82) is 0 Å². The van der Waals surface area contributed by atoms with E-state index in [1.165, 1.54) is 114 Å². The van der Waals surface area contributed by atoms with E-state index in [1.807, 2.05) is 24.0 Å². The number of rotatable bonds is 5. The van der Waals surface area contributed by atoms with E-state index in [0.29, 0.717) is 0 Å². The Morgan fingerprint density at radius 3 is 1.63 bits per heavy atom. The summed E-state index contributed by atoms with van der Waals surface area (Å²) in [5, 5.41) is 12.4. The van der Waals surface area contributed by atoms with Crippen LogP contribution in [-0.4, -0.2) is 14.1 Å². The van der Waals surface area contributed by atoms with Crippen molar-refractivity contribution >= 4 is 105 Å². The fourth-order valence-electron chi connectivity index (χ4n) is 11.4. The van der Waals surface area contributed by atoms with E-state index in [1.54, 1.807) is 0 Å². The Hall–Kier alpha value is -8.90. The van der Waals surface area contributed by atoms with E-state index in [2.05, 4.69) is 245 Å². The van der Waals surface area contributed by atoms with Crippen LogP contribution in [0.25, 0.3) is 110 Å². The zero-order valence-electron chi connectivity index (χ0n) is 37.8. The number of nitrogens with zero attached hydrogens (tertiary/aromatic N) is 4. The Bertz CT molecular complexity index is 4400. The summed E-state index contributed by atoms with van der Waals surface area (Å²) in [4.78, 5) is 9.54. The lowest BCUT2D eigenvalue weighted by Crippen LogP contribution is -2.16. The Morgan fingerprint density at radius 2 is 0.900 bits per heavy atom. The molecule has 11 aromatic carbocycles. The second-order valence-electron chi connectivity index (χ2n) is 18.3. The molecule has 0 atom stereocenters. The monoisotopic (exact) mass is 908 g/mol. The molecular weight excluding hydrogens is 869 g/mol. The van der Waals surface area contributed by atoms with Gasteiger partial charge in [-0.3, -0.25) is 4.90 Å². The maximum absolute atomic E-state index is 4.84. The Balaban J connectivity index is 0.861. The number of aromatic nitrogens is 3. The van der Waals surface area contributed by atoms with Crippen molar-refractivity contribution in [1.82, 2.24) is 14.1 Å². The number of benzene rings is 11. The van der Waals surface area contributed by atoms with Gasteiger partial charge >= 0.3 is 0 Å². The molecule has 70 heavy (non-hydrogen) atoms. The fraction of sp³-hybridized carbons (Fsp3) is 0. The Labute approximate surface area is 407 Å². The van der Waals surface area contributed by atoms with Gasteiger partial charge in [-0.2, -0.15) is 0 Å². The molecule has 0 fully saturated rings. The summed E-state index contributed by atoms with van der Waals surface area (Å²) in [5.41, 5.74) is 14.2. The molecule has 0 N–H and O–H groups in total. The number of fused-ring (bicyclic) bond motifs is 12. The van der Waals surface area contributed by atoms with E-state index in [4.69, 9.17) is 4.98 Å². The summed E-state index contributed by atoms with van der Waals surface area (Å²) in [5.74, 6) is 0.902. The fourth-order valence-corrected chi connectivity index (χ4v) is 12.5. The van der Waals surface area contributed by atoms with Crippen molar-refractivity contribution in [2.24, 2.45) is 0 Å². The minimum atomic E-state index is 0.902. The van der Waals surface area contributed by atoms with Crippen molar-refractivity contribution in [3.05, 3.63) is 243 Å². The first kappa shape index (κ1) is 39.1. The minimum absolute atomic E-state index is 0.902. The number of para-hydroxylation sites is 2. The second-order valence-corrected chi connectivity index (χ2v) is 19.4. The maximum Gasteiger partial charge on any atom is 0.137 e. The third kappa shape index (κ3) is 5.89. The maximum atomic E-state index is 4.84. The predicted octanol–water partition coefficient (Wildman–Crippen LogP) is 18.0. The zero-order valence-corrected chi connectivity index (χ0v) is 38.6. The minimum Gasteiger partial charge on any atom is -0.309 e. The van der Waals surface area contributed by atoms with Gasteiger partial charge in [0.05, 0.1) is 39.1 Å². The van der Waals surface area contributed by atoms with Gasteiger partial charge in [0.25, 0.3) is 0 Å². The van der Waals surface area contributed by atoms with Crippen LogP contribution < -0.4 is 4.90 Å². The molecule has 0 spiro atoms. The van der Waals surface area contributed by atoms with Crippen LogP contribution in [-0.2, 0) is 0 Å². The molecule has 0 radical (unpaired) electrons. The van der Waals surface area contributed by atoms with E-state index >= 15 is 0 Å². The van der Waals surface area contributed by atoms with Gasteiger partial charge in [0.2, 0.25) is 0 Å². The highest BCUT2D eigenvalue weighted by atomic mass is 32.2. The second kappa shape index (κ2) is 15.3. The first-order valence-corrected chi connectivity index (χ1v) is 24.7. The van der Waals surface area contributed by atoms with Crippen molar-refractivity contribution < 1.29 is 0 Å². The first-order chi connectivity index (χ1) is 34.7. The standard InChI is InChI=1S/C65H40N4S/c1-2-14-41(15-3-1)43-26-32-58-61(39-43)70-62-40-44(27-33-59(62)68(58)63-24-12-13-35-66-63)42-25-31-57-54(38-42)52-20-8-10-22-55(52)67(57)48-29-30-49-47(37-48)28-34-60-64(49)53-21-9-11-23-56(53)69(60)65-50-18-6-4-16-45(50)36-46-17-5-7-19-51(46)65/h1-40H. The SMILES string of the molecule is c1ccc(-c2ccc3c(c2)Sc2cc(-c4ccc5c(c4)c4ccccc4n5-c4ccc5c(ccc6c5c5ccccc5n6-c5c6ccccc6cc6ccccc56)c4)ccc2N3c2ccccn2)cc1. The van der Waals surface area contributed by atoms with E-state index in [-0.39, 0.29) is 0 Å². The third-order valence-electron chi connectivity index (χ3n) is 14.5. The molecule has 0 aliphatic carbocycles. The molecule has 0 bridgehead atoms. The molecule has 4 nitrogen and oxygen atoms in total. The largest absolute Gasteiger partial charge is 0.309 e. The van der Waals surface area contributed by atoms with Gasteiger partial charge in [0.1, 0.15) is 5.82 Å². The van der Waals surface area contributed by atoms with Crippen LogP contribution in [0.5, 0.6) is 0 Å². The average molecular weight is 909 g/mol. The lowest BCUT2D eigenvalue weighted by molar-refractivity contribution is 1.11. The smallest absolute Gasteiger partial charge is 0.137 e. The van der Waals surface area contributed by atoms with Crippen molar-refractivity contribution in [2.45, 2.75) is 9.79 Å². The normalized spacial score (nSPS) is 12.5. The zero-order chi connectivity index (χ0) is 45.9. The van der Waals surface area contributed by atoms with Gasteiger partial charge in [0.15, 0.2) is 0 Å². The molecule has 0 saturated heterocycles. The Kier molecular flexibility index (Phi) is 8.56. The summed E-state index contributed by atoms with van der Waals surface area (Å²) in [6.07, 6.45) is 1.87. The van der Waals surface area contributed by atoms with Crippen LogP contribution in [0.2, 0.25) is 0 Å². The number of hydrogen-bond acceptors (Lipinski definition) is 3. The molecule has 0 saturated carbocycles. The highest BCUT2D eigenvalue weighted by Crippen LogP contribution is 2.53. The molecule has 1 aliphatic rings. The summed E-state index contributed by atoms with van der Waals surface area (Å²) < 4.78 is 4.95. The average Bonchev–Trinajstić information content (AvgIpc) is 3.94.